The topological polar surface area (TPSA) is 0 Å². The van der Waals surface area contributed by atoms with Gasteiger partial charge >= 0.3 is 0 Å². The highest BCUT2D eigenvalue weighted by Crippen LogP contribution is 2.26. The molecule has 0 aliphatic heterocycles. The Morgan fingerprint density at radius 2 is 1.00 bits per heavy atom. The fourth-order valence-corrected chi connectivity index (χ4v) is 0. The van der Waals surface area contributed by atoms with Crippen molar-refractivity contribution in [1.29, 1.82) is 0 Å². The summed E-state index contributed by atoms with van der Waals surface area (Å²) in [5.74, 6) is 1.15. The highest BCUT2D eigenvalue weighted by atomic mass is 35.6. The number of alkyl halides is 6. The summed E-state index contributed by atoms with van der Waals surface area (Å²) < 4.78 is -1.28. The zero-order chi connectivity index (χ0) is 8.62. The van der Waals surface area contributed by atoms with E-state index in [-0.39, 0.29) is 5.88 Å². The van der Waals surface area contributed by atoms with E-state index in [9.17, 15) is 0 Å². The Bertz CT molecular complexity index is 55.3. The van der Waals surface area contributed by atoms with Crippen LogP contribution >= 0.6 is 69.6 Å². The molecule has 6 heteroatoms. The Hall–Kier alpha value is 1.74. The van der Waals surface area contributed by atoms with Crippen LogP contribution in [0.5, 0.6) is 0 Å². The molecular formula is C4H6Cl6. The van der Waals surface area contributed by atoms with E-state index in [1.54, 1.807) is 0 Å². The Balaban J connectivity index is 0. The molecule has 0 radical (unpaired) electrons. The first-order chi connectivity index (χ1) is 4.47. The molecule has 0 spiro atoms. The maximum Gasteiger partial charge on any atom is 0.203 e. The van der Waals surface area contributed by atoms with Gasteiger partial charge in [-0.05, 0) is 0 Å². The maximum atomic E-state index is 5.12. The van der Waals surface area contributed by atoms with E-state index in [4.69, 9.17) is 69.6 Å². The van der Waals surface area contributed by atoms with Crippen LogP contribution in [-0.2, 0) is 0 Å². The lowest BCUT2D eigenvalue weighted by atomic mass is 10.9. The van der Waals surface area contributed by atoms with Gasteiger partial charge in [-0.15, -0.1) is 34.8 Å². The predicted octanol–water partition coefficient (Wildman–Crippen LogP) is 4.06. The van der Waals surface area contributed by atoms with Gasteiger partial charge in [0.2, 0.25) is 3.79 Å². The molecule has 0 fully saturated rings. The molecule has 0 aromatic carbocycles. The van der Waals surface area contributed by atoms with Crippen molar-refractivity contribution in [1.82, 2.24) is 0 Å². The number of rotatable bonds is 1. The van der Waals surface area contributed by atoms with E-state index in [0.717, 1.165) is 0 Å². The Morgan fingerprint density at radius 3 is 1.00 bits per heavy atom. The Kier molecular flexibility index (Phi) is 12.6. The largest absolute Gasteiger partial charge is 0.203 e. The summed E-state index contributed by atoms with van der Waals surface area (Å²) in [4.78, 5) is 0. The van der Waals surface area contributed by atoms with Crippen molar-refractivity contribution < 1.29 is 0 Å². The van der Waals surface area contributed by atoms with Gasteiger partial charge in [-0.25, -0.2) is 0 Å². The van der Waals surface area contributed by atoms with Crippen molar-refractivity contribution in [2.75, 3.05) is 17.6 Å². The molecule has 0 heterocycles. The van der Waals surface area contributed by atoms with Gasteiger partial charge in [-0.1, -0.05) is 34.8 Å². The van der Waals surface area contributed by atoms with E-state index < -0.39 is 3.79 Å². The van der Waals surface area contributed by atoms with E-state index >= 15 is 0 Å². The van der Waals surface area contributed by atoms with Crippen molar-refractivity contribution in [3.05, 3.63) is 0 Å². The molecule has 0 unspecified atom stereocenters. The molecule has 64 valence electrons. The van der Waals surface area contributed by atoms with Gasteiger partial charge in [0.05, 0.1) is 5.88 Å². The minimum Gasteiger partial charge on any atom is -0.125 e. The highest BCUT2D eigenvalue weighted by molar-refractivity contribution is 6.69. The summed E-state index contributed by atoms with van der Waals surface area (Å²) in [6.45, 7) is 0. The van der Waals surface area contributed by atoms with E-state index in [0.29, 0.717) is 11.8 Å². The lowest BCUT2D eigenvalue weighted by Crippen LogP contribution is -2.01. The van der Waals surface area contributed by atoms with E-state index in [1.165, 1.54) is 0 Å². The minimum atomic E-state index is -1.28. The Labute approximate surface area is 90.7 Å². The molecule has 0 saturated heterocycles. The predicted molar refractivity (Wildman–Crippen MR) is 52.5 cm³/mol. The molecule has 10 heavy (non-hydrogen) atoms. The van der Waals surface area contributed by atoms with Gasteiger partial charge in [0.15, 0.2) is 0 Å². The van der Waals surface area contributed by atoms with Crippen molar-refractivity contribution in [3.8, 4) is 0 Å². The molecule has 0 aromatic heterocycles. The first-order valence-electron chi connectivity index (χ1n) is 2.22. The molecule has 0 N–H and O–H groups in total. The van der Waals surface area contributed by atoms with Crippen LogP contribution in [0.15, 0.2) is 0 Å². The molecule has 0 bridgehead atoms. The lowest BCUT2D eigenvalue weighted by molar-refractivity contribution is 1.28. The summed E-state index contributed by atoms with van der Waals surface area (Å²) in [6.07, 6.45) is 0. The van der Waals surface area contributed by atoms with E-state index in [2.05, 4.69) is 0 Å². The second-order valence-corrected chi connectivity index (χ2v) is 4.67. The SMILES string of the molecule is ClCC(Cl)(Cl)Cl.ClCCCl. The van der Waals surface area contributed by atoms with Gasteiger partial charge in [0, 0.05) is 11.8 Å². The van der Waals surface area contributed by atoms with Gasteiger partial charge in [0.1, 0.15) is 0 Å². The molecule has 0 amide bonds. The summed E-state index contributed by atoms with van der Waals surface area (Å²) in [7, 11) is 0. The average molecular weight is 267 g/mol. The van der Waals surface area contributed by atoms with Crippen LogP contribution in [-0.4, -0.2) is 21.4 Å². The number of hydrogen-bond donors (Lipinski definition) is 0. The summed E-state index contributed by atoms with van der Waals surface area (Å²) >= 11 is 30.5. The second kappa shape index (κ2) is 8.83. The molecular weight excluding hydrogens is 261 g/mol. The molecule has 0 nitrogen and oxygen atoms in total. The molecule has 0 aliphatic carbocycles. The van der Waals surface area contributed by atoms with Crippen LogP contribution in [0.25, 0.3) is 0 Å². The van der Waals surface area contributed by atoms with Crippen molar-refractivity contribution in [3.63, 3.8) is 0 Å². The number of halogens is 6. The molecule has 0 aliphatic rings. The van der Waals surface area contributed by atoms with Crippen molar-refractivity contribution in [2.45, 2.75) is 3.79 Å². The molecule has 0 saturated carbocycles. The second-order valence-electron chi connectivity index (χ2n) is 1.13. The zero-order valence-electron chi connectivity index (χ0n) is 4.89. The van der Waals surface area contributed by atoms with Gasteiger partial charge < -0.3 is 0 Å². The third-order valence-electron chi connectivity index (χ3n) is 0.223. The normalized spacial score (nSPS) is 10.2. The third kappa shape index (κ3) is 22.6. The summed E-state index contributed by atoms with van der Waals surface area (Å²) in [6, 6.07) is 0. The maximum absolute atomic E-state index is 5.12. The Morgan fingerprint density at radius 1 is 0.800 bits per heavy atom. The average Bonchev–Trinajstić information content (AvgIpc) is 1.87. The monoisotopic (exact) mass is 264 g/mol. The van der Waals surface area contributed by atoms with Crippen LogP contribution < -0.4 is 0 Å². The van der Waals surface area contributed by atoms with Gasteiger partial charge in [-0.3, -0.25) is 0 Å². The summed E-state index contributed by atoms with van der Waals surface area (Å²) in [5.41, 5.74) is 0. The van der Waals surface area contributed by atoms with Crippen molar-refractivity contribution in [2.24, 2.45) is 0 Å². The van der Waals surface area contributed by atoms with Crippen LogP contribution in [0, 0.1) is 0 Å². The highest BCUT2D eigenvalue weighted by Gasteiger charge is 2.16. The zero-order valence-corrected chi connectivity index (χ0v) is 9.42. The first-order valence-corrected chi connectivity index (χ1v) is 4.96. The first kappa shape index (κ1) is 14.3. The smallest absolute Gasteiger partial charge is 0.125 e. The van der Waals surface area contributed by atoms with Crippen LogP contribution in [0.2, 0.25) is 0 Å². The fourth-order valence-electron chi connectivity index (χ4n) is 0. The van der Waals surface area contributed by atoms with Crippen molar-refractivity contribution >= 4 is 69.6 Å². The quantitative estimate of drug-likeness (QED) is 0.628. The van der Waals surface area contributed by atoms with E-state index in [1.807, 2.05) is 0 Å². The fraction of sp³-hybridized carbons (Fsp3) is 1.00. The standard InChI is InChI=1S/C2H2Cl4.C2H4Cl2/c3-1-2(4,5)6;3-1-2-4/h1H2;1-2H2. The van der Waals surface area contributed by atoms with Crippen LogP contribution in [0.4, 0.5) is 0 Å². The number of hydrogen-bond acceptors (Lipinski definition) is 0. The van der Waals surface area contributed by atoms with Gasteiger partial charge in [0.25, 0.3) is 0 Å². The molecule has 0 rings (SSSR count). The van der Waals surface area contributed by atoms with Crippen LogP contribution in [0.3, 0.4) is 0 Å². The van der Waals surface area contributed by atoms with Gasteiger partial charge in [-0.2, -0.15) is 0 Å². The minimum absolute atomic E-state index is 0.0394. The summed E-state index contributed by atoms with van der Waals surface area (Å²) in [5, 5.41) is 0. The third-order valence-corrected chi connectivity index (χ3v) is 2.01. The lowest BCUT2D eigenvalue weighted by Gasteiger charge is -2.00. The van der Waals surface area contributed by atoms with Crippen LogP contribution in [0.1, 0.15) is 0 Å². The molecule has 0 atom stereocenters. The molecule has 0 aromatic rings.